The number of carbonyl (C=O) groups is 2. The summed E-state index contributed by atoms with van der Waals surface area (Å²) in [6.45, 7) is 0.0575. The lowest BCUT2D eigenvalue weighted by molar-refractivity contribution is -0.385. The number of nitro benzene ring substituents is 2. The first kappa shape index (κ1) is 19.9. The van der Waals surface area contributed by atoms with Gasteiger partial charge < -0.3 is 10.6 Å². The Bertz CT molecular complexity index is 973. The van der Waals surface area contributed by atoms with Crippen LogP contribution in [0.3, 0.4) is 0 Å². The van der Waals surface area contributed by atoms with E-state index in [4.69, 9.17) is 0 Å². The number of carbonyl (C=O) groups excluding carboxylic acids is 2. The van der Waals surface area contributed by atoms with Crippen LogP contribution in [0.25, 0.3) is 0 Å². The third-order valence-corrected chi connectivity index (χ3v) is 4.68. The van der Waals surface area contributed by atoms with E-state index in [-0.39, 0.29) is 35.0 Å². The zero-order valence-corrected chi connectivity index (χ0v) is 15.2. The first-order valence-corrected chi connectivity index (χ1v) is 8.94. The molecule has 29 heavy (non-hydrogen) atoms. The van der Waals surface area contributed by atoms with Gasteiger partial charge in [0.2, 0.25) is 0 Å². The fourth-order valence-electron chi connectivity index (χ4n) is 3.03. The van der Waals surface area contributed by atoms with E-state index in [1.54, 1.807) is 0 Å². The second kappa shape index (κ2) is 8.46. The Kier molecular flexibility index (Phi) is 5.82. The van der Waals surface area contributed by atoms with Crippen molar-refractivity contribution in [2.24, 2.45) is 5.92 Å². The van der Waals surface area contributed by atoms with E-state index < -0.39 is 27.7 Å². The monoisotopic (exact) mass is 398 g/mol. The van der Waals surface area contributed by atoms with Crippen molar-refractivity contribution in [3.8, 4) is 0 Å². The molecule has 2 amide bonds. The van der Waals surface area contributed by atoms with E-state index in [9.17, 15) is 29.8 Å². The van der Waals surface area contributed by atoms with Gasteiger partial charge in [-0.2, -0.15) is 0 Å². The van der Waals surface area contributed by atoms with Crippen molar-refractivity contribution < 1.29 is 19.4 Å². The van der Waals surface area contributed by atoms with Gasteiger partial charge in [0.15, 0.2) is 0 Å². The molecule has 0 heterocycles. The topological polar surface area (TPSA) is 144 Å². The quantitative estimate of drug-likeness (QED) is 0.516. The molecular formula is C19H18N4O6. The van der Waals surface area contributed by atoms with Crippen LogP contribution >= 0.6 is 0 Å². The van der Waals surface area contributed by atoms with E-state index in [2.05, 4.69) is 10.6 Å². The summed E-state index contributed by atoms with van der Waals surface area (Å²) < 4.78 is 0. The van der Waals surface area contributed by atoms with Crippen molar-refractivity contribution in [1.29, 1.82) is 0 Å². The fraction of sp³-hybridized carbons (Fsp3) is 0.263. The molecule has 0 spiro atoms. The molecule has 1 saturated carbocycles. The molecule has 0 aliphatic heterocycles. The fourth-order valence-corrected chi connectivity index (χ4v) is 3.03. The lowest BCUT2D eigenvalue weighted by Gasteiger charge is -2.19. The average molecular weight is 398 g/mol. The molecular weight excluding hydrogens is 380 g/mol. The van der Waals surface area contributed by atoms with Crippen molar-refractivity contribution in [2.45, 2.75) is 18.9 Å². The van der Waals surface area contributed by atoms with Crippen molar-refractivity contribution >= 4 is 23.2 Å². The Labute approximate surface area is 165 Å². The third-order valence-electron chi connectivity index (χ3n) is 4.68. The maximum Gasteiger partial charge on any atom is 0.282 e. The van der Waals surface area contributed by atoms with Crippen LogP contribution in [-0.2, 0) is 0 Å². The Morgan fingerprint density at radius 3 is 1.86 bits per heavy atom. The van der Waals surface area contributed by atoms with Crippen molar-refractivity contribution in [3.05, 3.63) is 79.9 Å². The number of rotatable bonds is 8. The van der Waals surface area contributed by atoms with E-state index in [1.807, 2.05) is 0 Å². The van der Waals surface area contributed by atoms with Gasteiger partial charge in [0.1, 0.15) is 11.1 Å². The zero-order valence-electron chi connectivity index (χ0n) is 15.2. The zero-order chi connectivity index (χ0) is 21.0. The van der Waals surface area contributed by atoms with Gasteiger partial charge in [-0.15, -0.1) is 0 Å². The number of nitro groups is 2. The van der Waals surface area contributed by atoms with Crippen molar-refractivity contribution in [3.63, 3.8) is 0 Å². The predicted octanol–water partition coefficient (Wildman–Crippen LogP) is 2.44. The number of nitrogens with one attached hydrogen (secondary N) is 2. The molecule has 1 unspecified atom stereocenters. The minimum absolute atomic E-state index is 0.0575. The highest BCUT2D eigenvalue weighted by molar-refractivity contribution is 5.99. The summed E-state index contributed by atoms with van der Waals surface area (Å²) in [5.74, 6) is -1.09. The number of para-hydroxylation sites is 2. The van der Waals surface area contributed by atoms with Gasteiger partial charge in [-0.05, 0) is 30.9 Å². The molecule has 1 aliphatic carbocycles. The summed E-state index contributed by atoms with van der Waals surface area (Å²) in [6, 6.07) is 10.8. The third kappa shape index (κ3) is 4.72. The number of hydrogen-bond donors (Lipinski definition) is 2. The van der Waals surface area contributed by atoms with Crippen LogP contribution < -0.4 is 10.6 Å². The highest BCUT2D eigenvalue weighted by Crippen LogP contribution is 2.33. The molecule has 0 radical (unpaired) electrons. The van der Waals surface area contributed by atoms with E-state index >= 15 is 0 Å². The summed E-state index contributed by atoms with van der Waals surface area (Å²) in [7, 11) is 0. The minimum Gasteiger partial charge on any atom is -0.350 e. The van der Waals surface area contributed by atoms with Gasteiger partial charge >= 0.3 is 0 Å². The molecule has 2 aromatic carbocycles. The van der Waals surface area contributed by atoms with Crippen molar-refractivity contribution in [2.75, 3.05) is 6.54 Å². The van der Waals surface area contributed by atoms with Crippen LogP contribution in [0.4, 0.5) is 11.4 Å². The lowest BCUT2D eigenvalue weighted by atomic mass is 10.1. The van der Waals surface area contributed by atoms with E-state index in [0.717, 1.165) is 12.8 Å². The highest BCUT2D eigenvalue weighted by Gasteiger charge is 2.34. The summed E-state index contributed by atoms with van der Waals surface area (Å²) in [4.78, 5) is 45.9. The van der Waals surface area contributed by atoms with Crippen LogP contribution in [-0.4, -0.2) is 34.2 Å². The lowest BCUT2D eigenvalue weighted by Crippen LogP contribution is -2.45. The maximum absolute atomic E-state index is 12.6. The van der Waals surface area contributed by atoms with Gasteiger partial charge in [-0.3, -0.25) is 29.8 Å². The summed E-state index contributed by atoms with van der Waals surface area (Å²) in [5.41, 5.74) is -0.745. The smallest absolute Gasteiger partial charge is 0.282 e. The molecule has 10 heteroatoms. The SMILES string of the molecule is O=C(NCC(NC(=O)c1ccccc1[N+](=O)[O-])C1CC1)c1ccccc1[N+](=O)[O-]. The first-order valence-electron chi connectivity index (χ1n) is 8.94. The summed E-state index contributed by atoms with van der Waals surface area (Å²) >= 11 is 0. The van der Waals surface area contributed by atoms with Crippen LogP contribution in [0.1, 0.15) is 33.6 Å². The normalized spacial score (nSPS) is 13.9. The maximum atomic E-state index is 12.6. The first-order chi connectivity index (χ1) is 13.9. The minimum atomic E-state index is -0.635. The standard InChI is InChI=1S/C19H18N4O6/c24-18(13-5-1-3-7-16(13)22(26)27)20-11-15(12-9-10-12)21-19(25)14-6-2-4-8-17(14)23(28)29/h1-8,12,15H,9-11H2,(H,20,24)(H,21,25). The molecule has 2 N–H and O–H groups in total. The van der Waals surface area contributed by atoms with Gasteiger partial charge in [0.05, 0.1) is 9.85 Å². The van der Waals surface area contributed by atoms with Gasteiger partial charge in [-0.1, -0.05) is 24.3 Å². The molecule has 1 atom stereocenters. The Balaban J connectivity index is 1.69. The molecule has 150 valence electrons. The van der Waals surface area contributed by atoms with Gasteiger partial charge in [0, 0.05) is 24.7 Å². The van der Waals surface area contributed by atoms with Gasteiger partial charge in [0.25, 0.3) is 23.2 Å². The van der Waals surface area contributed by atoms with E-state index in [1.165, 1.54) is 48.5 Å². The molecule has 1 fully saturated rings. The molecule has 0 saturated heterocycles. The van der Waals surface area contributed by atoms with Crippen LogP contribution in [0.5, 0.6) is 0 Å². The van der Waals surface area contributed by atoms with Crippen LogP contribution in [0.2, 0.25) is 0 Å². The number of hydrogen-bond acceptors (Lipinski definition) is 6. The summed E-state index contributed by atoms with van der Waals surface area (Å²) in [5, 5.41) is 27.6. The predicted molar refractivity (Wildman–Crippen MR) is 103 cm³/mol. The van der Waals surface area contributed by atoms with Gasteiger partial charge in [-0.25, -0.2) is 0 Å². The molecule has 1 aliphatic rings. The van der Waals surface area contributed by atoms with Crippen LogP contribution in [0, 0.1) is 26.1 Å². The Morgan fingerprint density at radius 1 is 0.897 bits per heavy atom. The molecule has 2 aromatic rings. The number of nitrogens with zero attached hydrogens (tertiary/aromatic N) is 2. The second-order valence-electron chi connectivity index (χ2n) is 6.68. The Morgan fingerprint density at radius 2 is 1.38 bits per heavy atom. The molecule has 0 aromatic heterocycles. The van der Waals surface area contributed by atoms with Crippen molar-refractivity contribution in [1.82, 2.24) is 10.6 Å². The second-order valence-corrected chi connectivity index (χ2v) is 6.68. The molecule has 10 nitrogen and oxygen atoms in total. The van der Waals surface area contributed by atoms with E-state index in [0.29, 0.717) is 0 Å². The number of amides is 2. The number of benzene rings is 2. The summed E-state index contributed by atoms with van der Waals surface area (Å²) in [6.07, 6.45) is 1.70. The highest BCUT2D eigenvalue weighted by atomic mass is 16.6. The average Bonchev–Trinajstić information content (AvgIpc) is 3.55. The largest absolute Gasteiger partial charge is 0.350 e. The van der Waals surface area contributed by atoms with Crippen LogP contribution in [0.15, 0.2) is 48.5 Å². The molecule has 3 rings (SSSR count). The Hall–Kier alpha value is -3.82. The molecule has 0 bridgehead atoms.